The third-order valence-electron chi connectivity index (χ3n) is 1.79. The van der Waals surface area contributed by atoms with Gasteiger partial charge in [0.15, 0.2) is 0 Å². The predicted octanol–water partition coefficient (Wildman–Crippen LogP) is 2.11. The van der Waals surface area contributed by atoms with Gasteiger partial charge in [-0.2, -0.15) is 0 Å². The molecule has 0 amide bonds. The lowest BCUT2D eigenvalue weighted by Gasteiger charge is -2.18. The van der Waals surface area contributed by atoms with E-state index in [2.05, 4.69) is 26.9 Å². The van der Waals surface area contributed by atoms with Crippen LogP contribution >= 0.6 is 0 Å². The summed E-state index contributed by atoms with van der Waals surface area (Å²) in [5.41, 5.74) is 2.02. The second-order valence-corrected chi connectivity index (χ2v) is 2.65. The van der Waals surface area contributed by atoms with Crippen molar-refractivity contribution in [3.8, 4) is 0 Å². The molecule has 0 bridgehead atoms. The molecular formula is C10H21N3O. The predicted molar refractivity (Wildman–Crippen MR) is 57.0 cm³/mol. The maximum atomic E-state index is 4.59. The molecule has 0 saturated heterocycles. The van der Waals surface area contributed by atoms with Crippen LogP contribution in [0.4, 0.5) is 0 Å². The van der Waals surface area contributed by atoms with E-state index in [9.17, 15) is 0 Å². The summed E-state index contributed by atoms with van der Waals surface area (Å²) >= 11 is 0. The standard InChI is InChI=1S/C6H9N3O.2C2H6/c1-9-3-2-5-6(4-9)8-10-7-5;2*1-2/h2-4H2,1H3;2*1-2H3. The van der Waals surface area contributed by atoms with Crippen LogP contribution in [0, 0.1) is 0 Å². The summed E-state index contributed by atoms with van der Waals surface area (Å²) in [6, 6.07) is 0. The first-order valence-corrected chi connectivity index (χ1v) is 5.35. The molecule has 0 unspecified atom stereocenters. The van der Waals surface area contributed by atoms with Crippen LogP contribution in [0.5, 0.6) is 0 Å². The van der Waals surface area contributed by atoms with Crippen LogP contribution in [0.2, 0.25) is 0 Å². The lowest BCUT2D eigenvalue weighted by molar-refractivity contribution is 0.291. The van der Waals surface area contributed by atoms with Crippen molar-refractivity contribution in [1.29, 1.82) is 0 Å². The third-order valence-corrected chi connectivity index (χ3v) is 1.79. The van der Waals surface area contributed by atoms with Gasteiger partial charge in [-0.05, 0) is 7.05 Å². The molecule has 0 radical (unpaired) electrons. The van der Waals surface area contributed by atoms with E-state index in [0.717, 1.165) is 30.9 Å². The first kappa shape index (κ1) is 13.1. The van der Waals surface area contributed by atoms with Crippen molar-refractivity contribution in [3.63, 3.8) is 0 Å². The van der Waals surface area contributed by atoms with Crippen LogP contribution in [-0.2, 0) is 13.0 Å². The van der Waals surface area contributed by atoms with Gasteiger partial charge in [0.25, 0.3) is 0 Å². The van der Waals surface area contributed by atoms with E-state index < -0.39 is 0 Å². The van der Waals surface area contributed by atoms with Crippen molar-refractivity contribution in [3.05, 3.63) is 11.4 Å². The SMILES string of the molecule is CC.CC.CN1CCc2nonc2C1. The highest BCUT2D eigenvalue weighted by molar-refractivity contribution is 5.10. The molecule has 1 aromatic rings. The lowest BCUT2D eigenvalue weighted by atomic mass is 10.2. The average Bonchev–Trinajstić information content (AvgIpc) is 2.71. The molecule has 2 heterocycles. The first-order valence-electron chi connectivity index (χ1n) is 5.35. The Labute approximate surface area is 86.3 Å². The van der Waals surface area contributed by atoms with Crippen LogP contribution in [0.15, 0.2) is 4.63 Å². The Morgan fingerprint density at radius 1 is 1.07 bits per heavy atom. The topological polar surface area (TPSA) is 42.2 Å². The average molecular weight is 199 g/mol. The summed E-state index contributed by atoms with van der Waals surface area (Å²) in [6.45, 7) is 9.93. The molecule has 1 aliphatic heterocycles. The van der Waals surface area contributed by atoms with Crippen LogP contribution in [-0.4, -0.2) is 28.8 Å². The Kier molecular flexibility index (Phi) is 7.02. The third kappa shape index (κ3) is 3.46. The molecule has 0 saturated carbocycles. The van der Waals surface area contributed by atoms with Gasteiger partial charge in [0, 0.05) is 19.5 Å². The minimum absolute atomic E-state index is 0.874. The largest absolute Gasteiger partial charge is 0.300 e. The highest BCUT2D eigenvalue weighted by Crippen LogP contribution is 2.12. The van der Waals surface area contributed by atoms with Gasteiger partial charge in [0.2, 0.25) is 0 Å². The quantitative estimate of drug-likeness (QED) is 0.641. The molecule has 1 aliphatic rings. The number of fused-ring (bicyclic) bond motifs is 1. The van der Waals surface area contributed by atoms with Crippen molar-refractivity contribution in [2.75, 3.05) is 13.6 Å². The summed E-state index contributed by atoms with van der Waals surface area (Å²) in [5.74, 6) is 0. The van der Waals surface area contributed by atoms with Crippen LogP contribution in [0.1, 0.15) is 39.1 Å². The fourth-order valence-electron chi connectivity index (χ4n) is 1.17. The zero-order valence-electron chi connectivity index (χ0n) is 9.87. The zero-order chi connectivity index (χ0) is 11.0. The van der Waals surface area contributed by atoms with Gasteiger partial charge in [0.1, 0.15) is 11.4 Å². The maximum absolute atomic E-state index is 4.59. The van der Waals surface area contributed by atoms with Gasteiger partial charge in [-0.1, -0.05) is 38.0 Å². The number of hydrogen-bond acceptors (Lipinski definition) is 4. The molecule has 1 aromatic heterocycles. The summed E-state index contributed by atoms with van der Waals surface area (Å²) in [6.07, 6.45) is 0.968. The molecule has 0 N–H and O–H groups in total. The Morgan fingerprint density at radius 3 is 2.29 bits per heavy atom. The van der Waals surface area contributed by atoms with Crippen molar-refractivity contribution >= 4 is 0 Å². The van der Waals surface area contributed by atoms with E-state index in [0.29, 0.717) is 0 Å². The first-order chi connectivity index (χ1) is 6.86. The van der Waals surface area contributed by atoms with Crippen molar-refractivity contribution < 1.29 is 4.63 Å². The minimum atomic E-state index is 0.874. The summed E-state index contributed by atoms with van der Waals surface area (Å²) < 4.78 is 4.59. The van der Waals surface area contributed by atoms with Crippen LogP contribution in [0.25, 0.3) is 0 Å². The van der Waals surface area contributed by atoms with E-state index >= 15 is 0 Å². The van der Waals surface area contributed by atoms with Gasteiger partial charge in [0.05, 0.1) is 0 Å². The fraction of sp³-hybridized carbons (Fsp3) is 0.800. The second-order valence-electron chi connectivity index (χ2n) is 2.65. The molecule has 4 nitrogen and oxygen atoms in total. The molecule has 82 valence electrons. The number of likely N-dealkylation sites (N-methyl/N-ethyl adjacent to an activating group) is 1. The Hall–Kier alpha value is -0.900. The highest BCUT2D eigenvalue weighted by atomic mass is 16.6. The Morgan fingerprint density at radius 2 is 1.64 bits per heavy atom. The molecule has 14 heavy (non-hydrogen) atoms. The Bertz CT molecular complexity index is 235. The van der Waals surface area contributed by atoms with E-state index in [1.165, 1.54) is 0 Å². The van der Waals surface area contributed by atoms with Gasteiger partial charge in [-0.15, -0.1) is 0 Å². The molecule has 4 heteroatoms. The maximum Gasteiger partial charge on any atom is 0.122 e. The molecular weight excluding hydrogens is 178 g/mol. The molecule has 0 fully saturated rings. The Balaban J connectivity index is 0.000000379. The molecule has 0 spiro atoms. The van der Waals surface area contributed by atoms with Crippen molar-refractivity contribution in [2.24, 2.45) is 0 Å². The fourth-order valence-corrected chi connectivity index (χ4v) is 1.17. The molecule has 2 rings (SSSR count). The molecule has 0 aliphatic carbocycles. The second kappa shape index (κ2) is 7.50. The number of rotatable bonds is 0. The van der Waals surface area contributed by atoms with Crippen molar-refractivity contribution in [2.45, 2.75) is 40.7 Å². The highest BCUT2D eigenvalue weighted by Gasteiger charge is 2.17. The van der Waals surface area contributed by atoms with Crippen LogP contribution in [0.3, 0.4) is 0 Å². The summed E-state index contributed by atoms with van der Waals surface area (Å²) in [5, 5.41) is 7.56. The van der Waals surface area contributed by atoms with E-state index in [1.54, 1.807) is 0 Å². The van der Waals surface area contributed by atoms with Gasteiger partial charge in [-0.25, -0.2) is 4.63 Å². The minimum Gasteiger partial charge on any atom is -0.300 e. The van der Waals surface area contributed by atoms with E-state index in [1.807, 2.05) is 27.7 Å². The van der Waals surface area contributed by atoms with Gasteiger partial charge in [-0.3, -0.25) is 4.90 Å². The van der Waals surface area contributed by atoms with E-state index in [-0.39, 0.29) is 0 Å². The monoisotopic (exact) mass is 199 g/mol. The normalized spacial score (nSPS) is 14.4. The molecule has 0 atom stereocenters. The molecule has 0 aromatic carbocycles. The zero-order valence-corrected chi connectivity index (χ0v) is 9.87. The number of hydrogen-bond donors (Lipinski definition) is 0. The lowest BCUT2D eigenvalue weighted by Crippen LogP contribution is -2.26. The number of aromatic nitrogens is 2. The van der Waals surface area contributed by atoms with Crippen LogP contribution < -0.4 is 0 Å². The summed E-state index contributed by atoms with van der Waals surface area (Å²) in [7, 11) is 2.07. The smallest absolute Gasteiger partial charge is 0.122 e. The van der Waals surface area contributed by atoms with Gasteiger partial charge < -0.3 is 0 Å². The number of nitrogens with zero attached hydrogens (tertiary/aromatic N) is 3. The van der Waals surface area contributed by atoms with E-state index in [4.69, 9.17) is 0 Å². The van der Waals surface area contributed by atoms with Gasteiger partial charge >= 0.3 is 0 Å². The summed E-state index contributed by atoms with van der Waals surface area (Å²) in [4.78, 5) is 2.20. The van der Waals surface area contributed by atoms with Crippen molar-refractivity contribution in [1.82, 2.24) is 15.2 Å².